The molecule has 1 aromatic heterocycles. The van der Waals surface area contributed by atoms with Gasteiger partial charge in [-0.25, -0.2) is 0 Å². The molecular formula is C18H22N4O3. The number of primary amides is 1. The SMILES string of the molecule is CCOc1ccc(C(=O)N2CCCC[C@@H]2c2cc(C(N)=O)n[nH]2)cc1. The molecule has 0 unspecified atom stereocenters. The van der Waals surface area contributed by atoms with Crippen LogP contribution in [0.5, 0.6) is 5.75 Å². The predicted octanol–water partition coefficient (Wildman–Crippen LogP) is 2.27. The van der Waals surface area contributed by atoms with Gasteiger partial charge >= 0.3 is 0 Å². The summed E-state index contributed by atoms with van der Waals surface area (Å²) in [5.41, 5.74) is 6.82. The number of H-pyrrole nitrogens is 1. The lowest BCUT2D eigenvalue weighted by Crippen LogP contribution is -2.38. The second-order valence-corrected chi connectivity index (χ2v) is 6.04. The summed E-state index contributed by atoms with van der Waals surface area (Å²) in [7, 11) is 0. The van der Waals surface area contributed by atoms with E-state index in [9.17, 15) is 9.59 Å². The molecule has 0 saturated carbocycles. The van der Waals surface area contributed by atoms with Crippen molar-refractivity contribution >= 4 is 11.8 Å². The van der Waals surface area contributed by atoms with Gasteiger partial charge in [0, 0.05) is 12.1 Å². The lowest BCUT2D eigenvalue weighted by Gasteiger charge is -2.35. The highest BCUT2D eigenvalue weighted by Gasteiger charge is 2.30. The Balaban J connectivity index is 1.81. The minimum atomic E-state index is -0.581. The van der Waals surface area contributed by atoms with E-state index in [1.807, 2.05) is 11.8 Å². The zero-order valence-electron chi connectivity index (χ0n) is 14.2. The van der Waals surface area contributed by atoms with E-state index in [2.05, 4.69) is 10.2 Å². The van der Waals surface area contributed by atoms with Crippen molar-refractivity contribution in [3.05, 3.63) is 47.3 Å². The maximum Gasteiger partial charge on any atom is 0.269 e. The fourth-order valence-corrected chi connectivity index (χ4v) is 3.16. The molecule has 7 nitrogen and oxygen atoms in total. The molecule has 1 fully saturated rings. The number of benzene rings is 1. The number of carbonyl (C=O) groups is 2. The Bertz CT molecular complexity index is 754. The number of aromatic nitrogens is 2. The van der Waals surface area contributed by atoms with Gasteiger partial charge in [-0.3, -0.25) is 14.7 Å². The number of carbonyl (C=O) groups excluding carboxylic acids is 2. The molecule has 7 heteroatoms. The van der Waals surface area contributed by atoms with E-state index in [1.54, 1.807) is 30.3 Å². The third-order valence-electron chi connectivity index (χ3n) is 4.39. The molecule has 2 aromatic rings. The monoisotopic (exact) mass is 342 g/mol. The average molecular weight is 342 g/mol. The van der Waals surface area contributed by atoms with E-state index in [4.69, 9.17) is 10.5 Å². The van der Waals surface area contributed by atoms with Crippen molar-refractivity contribution in [1.82, 2.24) is 15.1 Å². The van der Waals surface area contributed by atoms with Gasteiger partial charge in [-0.2, -0.15) is 5.10 Å². The van der Waals surface area contributed by atoms with Gasteiger partial charge in [0.15, 0.2) is 0 Å². The van der Waals surface area contributed by atoms with Crippen LogP contribution in [0.1, 0.15) is 58.8 Å². The van der Waals surface area contributed by atoms with E-state index in [-0.39, 0.29) is 17.6 Å². The number of aromatic amines is 1. The number of piperidine rings is 1. The van der Waals surface area contributed by atoms with Gasteiger partial charge < -0.3 is 15.4 Å². The molecule has 0 aliphatic carbocycles. The van der Waals surface area contributed by atoms with Gasteiger partial charge in [0.2, 0.25) is 0 Å². The summed E-state index contributed by atoms with van der Waals surface area (Å²) in [6.45, 7) is 3.17. The second kappa shape index (κ2) is 7.38. The van der Waals surface area contributed by atoms with Crippen LogP contribution in [-0.4, -0.2) is 40.1 Å². The molecule has 0 spiro atoms. The van der Waals surface area contributed by atoms with E-state index >= 15 is 0 Å². The maximum absolute atomic E-state index is 13.0. The summed E-state index contributed by atoms with van der Waals surface area (Å²) in [6.07, 6.45) is 2.79. The summed E-state index contributed by atoms with van der Waals surface area (Å²) < 4.78 is 5.42. The quantitative estimate of drug-likeness (QED) is 0.870. The first-order valence-corrected chi connectivity index (χ1v) is 8.49. The Kier molecular flexibility index (Phi) is 5.02. The summed E-state index contributed by atoms with van der Waals surface area (Å²) >= 11 is 0. The smallest absolute Gasteiger partial charge is 0.269 e. The van der Waals surface area contributed by atoms with Crippen LogP contribution >= 0.6 is 0 Å². The number of nitrogens with zero attached hydrogens (tertiary/aromatic N) is 2. The number of ether oxygens (including phenoxy) is 1. The molecule has 0 radical (unpaired) electrons. The Morgan fingerprint density at radius 1 is 1.32 bits per heavy atom. The lowest BCUT2D eigenvalue weighted by molar-refractivity contribution is 0.0606. The summed E-state index contributed by atoms with van der Waals surface area (Å²) in [5.74, 6) is 0.125. The normalized spacial score (nSPS) is 17.3. The molecule has 0 bridgehead atoms. The third-order valence-corrected chi connectivity index (χ3v) is 4.39. The maximum atomic E-state index is 13.0. The molecule has 2 heterocycles. The largest absolute Gasteiger partial charge is 0.494 e. The molecule has 3 rings (SSSR count). The number of amides is 2. The number of likely N-dealkylation sites (tertiary alicyclic amines) is 1. The first kappa shape index (κ1) is 17.0. The van der Waals surface area contributed by atoms with Crippen molar-refractivity contribution < 1.29 is 14.3 Å². The molecule has 132 valence electrons. The first-order valence-electron chi connectivity index (χ1n) is 8.49. The van der Waals surface area contributed by atoms with Gasteiger partial charge in [0.05, 0.1) is 18.3 Å². The standard InChI is InChI=1S/C18H22N4O3/c1-2-25-13-8-6-12(7-9-13)18(24)22-10-4-3-5-16(22)14-11-15(17(19)23)21-20-14/h6-9,11,16H,2-5,10H2,1H3,(H2,19,23)(H,20,21)/t16-/m1/s1. The molecule has 1 atom stereocenters. The Morgan fingerprint density at radius 3 is 2.72 bits per heavy atom. The van der Waals surface area contributed by atoms with Gasteiger partial charge in [0.25, 0.3) is 11.8 Å². The number of nitrogens with two attached hydrogens (primary N) is 1. The predicted molar refractivity (Wildman–Crippen MR) is 92.3 cm³/mol. The summed E-state index contributed by atoms with van der Waals surface area (Å²) in [6, 6.07) is 8.67. The van der Waals surface area contributed by atoms with Crippen LogP contribution in [0.2, 0.25) is 0 Å². The fraction of sp³-hybridized carbons (Fsp3) is 0.389. The number of hydrogen-bond donors (Lipinski definition) is 2. The number of nitrogens with one attached hydrogen (secondary N) is 1. The minimum absolute atomic E-state index is 0.0389. The van der Waals surface area contributed by atoms with Crippen LogP contribution in [0.3, 0.4) is 0 Å². The van der Waals surface area contributed by atoms with Crippen molar-refractivity contribution in [2.24, 2.45) is 5.73 Å². The Labute approximate surface area is 146 Å². The average Bonchev–Trinajstić information content (AvgIpc) is 3.12. The Hall–Kier alpha value is -2.83. The molecule has 1 saturated heterocycles. The third kappa shape index (κ3) is 3.65. The van der Waals surface area contributed by atoms with E-state index in [0.29, 0.717) is 18.7 Å². The van der Waals surface area contributed by atoms with Crippen LogP contribution in [-0.2, 0) is 0 Å². The number of rotatable bonds is 5. The van der Waals surface area contributed by atoms with Gasteiger partial charge in [-0.15, -0.1) is 0 Å². The Morgan fingerprint density at radius 2 is 2.08 bits per heavy atom. The molecular weight excluding hydrogens is 320 g/mol. The molecule has 1 aliphatic heterocycles. The van der Waals surface area contributed by atoms with Crippen molar-refractivity contribution in [3.8, 4) is 5.75 Å². The van der Waals surface area contributed by atoms with Crippen molar-refractivity contribution in [1.29, 1.82) is 0 Å². The highest BCUT2D eigenvalue weighted by molar-refractivity contribution is 5.95. The fourth-order valence-electron chi connectivity index (χ4n) is 3.16. The number of hydrogen-bond acceptors (Lipinski definition) is 4. The van der Waals surface area contributed by atoms with Crippen LogP contribution in [0.15, 0.2) is 30.3 Å². The van der Waals surface area contributed by atoms with E-state index in [0.717, 1.165) is 30.7 Å². The molecule has 3 N–H and O–H groups in total. The van der Waals surface area contributed by atoms with Crippen LogP contribution in [0.4, 0.5) is 0 Å². The van der Waals surface area contributed by atoms with E-state index < -0.39 is 5.91 Å². The molecule has 2 amide bonds. The van der Waals surface area contributed by atoms with Crippen LogP contribution < -0.4 is 10.5 Å². The molecule has 25 heavy (non-hydrogen) atoms. The second-order valence-electron chi connectivity index (χ2n) is 6.04. The minimum Gasteiger partial charge on any atom is -0.494 e. The van der Waals surface area contributed by atoms with E-state index in [1.165, 1.54) is 0 Å². The highest BCUT2D eigenvalue weighted by Crippen LogP contribution is 2.31. The topological polar surface area (TPSA) is 101 Å². The van der Waals surface area contributed by atoms with Gasteiger partial charge in [-0.1, -0.05) is 0 Å². The summed E-state index contributed by atoms with van der Waals surface area (Å²) in [5, 5.41) is 6.79. The van der Waals surface area contributed by atoms with Crippen LogP contribution in [0.25, 0.3) is 0 Å². The van der Waals surface area contributed by atoms with Crippen molar-refractivity contribution in [2.45, 2.75) is 32.2 Å². The van der Waals surface area contributed by atoms with Crippen molar-refractivity contribution in [3.63, 3.8) is 0 Å². The zero-order valence-corrected chi connectivity index (χ0v) is 14.2. The molecule has 1 aliphatic rings. The van der Waals surface area contributed by atoms with Crippen molar-refractivity contribution in [2.75, 3.05) is 13.2 Å². The van der Waals surface area contributed by atoms with Gasteiger partial charge in [-0.05, 0) is 56.5 Å². The zero-order chi connectivity index (χ0) is 17.8. The van der Waals surface area contributed by atoms with Gasteiger partial charge in [0.1, 0.15) is 11.4 Å². The molecule has 1 aromatic carbocycles. The first-order chi connectivity index (χ1) is 12.1. The van der Waals surface area contributed by atoms with Crippen LogP contribution in [0, 0.1) is 0 Å². The lowest BCUT2D eigenvalue weighted by atomic mass is 9.98. The highest BCUT2D eigenvalue weighted by atomic mass is 16.5. The summed E-state index contributed by atoms with van der Waals surface area (Å²) in [4.78, 5) is 26.0.